The fourth-order valence-corrected chi connectivity index (χ4v) is 6.21. The maximum atomic E-state index is 15.1. The second-order valence-corrected chi connectivity index (χ2v) is 10.6. The molecule has 0 radical (unpaired) electrons. The Morgan fingerprint density at radius 2 is 1.95 bits per heavy atom. The Kier molecular flexibility index (Phi) is 5.74. The van der Waals surface area contributed by atoms with Crippen molar-refractivity contribution in [1.82, 2.24) is 23.8 Å². The molecule has 2 amide bonds. The molecule has 1 aliphatic carbocycles. The summed E-state index contributed by atoms with van der Waals surface area (Å²) in [5, 5.41) is 0.593. The van der Waals surface area contributed by atoms with Crippen molar-refractivity contribution in [3.05, 3.63) is 71.6 Å². The highest BCUT2D eigenvalue weighted by Crippen LogP contribution is 2.42. The normalized spacial score (nSPS) is 19.5. The second-order valence-electron chi connectivity index (χ2n) is 10.6. The van der Waals surface area contributed by atoms with Crippen LogP contribution >= 0.6 is 0 Å². The monoisotopic (exact) mass is 549 g/mol. The molecular formula is C29H26F3N5O3. The first-order chi connectivity index (χ1) is 19.3. The average molecular weight is 550 g/mol. The van der Waals surface area contributed by atoms with Crippen LogP contribution < -0.4 is 0 Å². The van der Waals surface area contributed by atoms with Gasteiger partial charge in [-0.25, -0.2) is 22.9 Å². The fourth-order valence-electron chi connectivity index (χ4n) is 6.21. The van der Waals surface area contributed by atoms with E-state index in [4.69, 9.17) is 4.74 Å². The van der Waals surface area contributed by atoms with Crippen molar-refractivity contribution in [3.8, 4) is 0 Å². The summed E-state index contributed by atoms with van der Waals surface area (Å²) in [6.45, 7) is -0.682. The van der Waals surface area contributed by atoms with Gasteiger partial charge in [0.25, 0.3) is 5.92 Å². The van der Waals surface area contributed by atoms with Crippen LogP contribution in [-0.2, 0) is 22.6 Å². The topological polar surface area (TPSA) is 72.1 Å². The van der Waals surface area contributed by atoms with Gasteiger partial charge >= 0.3 is 6.03 Å². The molecule has 1 aromatic carbocycles. The summed E-state index contributed by atoms with van der Waals surface area (Å²) >= 11 is 0. The number of imidazole rings is 1. The molecule has 0 N–H and O–H groups in total. The molecule has 1 saturated heterocycles. The highest BCUT2D eigenvalue weighted by molar-refractivity contribution is 6.33. The number of carbonyl (C=O) groups excluding carboxylic acids is 2. The largest absolute Gasteiger partial charge is 0.373 e. The first-order valence-corrected chi connectivity index (χ1v) is 13.3. The summed E-state index contributed by atoms with van der Waals surface area (Å²) in [6, 6.07) is 7.98. The molecule has 7 rings (SSSR count). The number of fused-ring (bicyclic) bond motifs is 1. The Bertz CT molecular complexity index is 1720. The zero-order valence-electron chi connectivity index (χ0n) is 21.6. The van der Waals surface area contributed by atoms with E-state index in [1.54, 1.807) is 6.20 Å². The van der Waals surface area contributed by atoms with Crippen LogP contribution in [0.1, 0.15) is 29.7 Å². The molecule has 0 atom stereocenters. The number of urea groups is 1. The van der Waals surface area contributed by atoms with Crippen molar-refractivity contribution in [1.29, 1.82) is 0 Å². The van der Waals surface area contributed by atoms with E-state index in [1.165, 1.54) is 17.0 Å². The second kappa shape index (κ2) is 9.22. The van der Waals surface area contributed by atoms with Crippen LogP contribution in [-0.4, -0.2) is 74.3 Å². The van der Waals surface area contributed by atoms with Crippen LogP contribution in [0, 0.1) is 5.82 Å². The molecule has 206 valence electrons. The van der Waals surface area contributed by atoms with Gasteiger partial charge in [-0.2, -0.15) is 0 Å². The number of hydrogen-bond donors (Lipinski definition) is 0. The summed E-state index contributed by atoms with van der Waals surface area (Å²) in [4.78, 5) is 33.7. The molecule has 8 nitrogen and oxygen atoms in total. The standard InChI is InChI=1S/C29H26F3N5O3/c30-19-11-18-14-35(28(39)36-9-10-40-17-29(31,32)16-36)8-7-34-15-22(21(12-19)27(18)34)26-20(4-5-24(26)38)23-13-33-25-3-1-2-6-37(23)25/h1-3,6,11-13,15H,4-5,7-10,14,16-17H2. The summed E-state index contributed by atoms with van der Waals surface area (Å²) in [5.41, 5.74) is 4.98. The van der Waals surface area contributed by atoms with E-state index >= 15 is 4.39 Å². The van der Waals surface area contributed by atoms with Crippen molar-refractivity contribution in [2.45, 2.75) is 31.9 Å². The molecule has 0 bridgehead atoms. The number of halogens is 3. The molecule has 11 heteroatoms. The van der Waals surface area contributed by atoms with E-state index in [-0.39, 0.29) is 32.0 Å². The number of carbonyl (C=O) groups is 2. The third kappa shape index (κ3) is 4.07. The van der Waals surface area contributed by atoms with Gasteiger partial charge < -0.3 is 19.1 Å². The highest BCUT2D eigenvalue weighted by atomic mass is 19.3. The summed E-state index contributed by atoms with van der Waals surface area (Å²) < 4.78 is 52.2. The van der Waals surface area contributed by atoms with E-state index in [1.807, 2.05) is 39.6 Å². The van der Waals surface area contributed by atoms with E-state index in [0.717, 1.165) is 27.3 Å². The number of benzene rings is 1. The van der Waals surface area contributed by atoms with Crippen LogP contribution in [0.2, 0.25) is 0 Å². The molecule has 0 spiro atoms. The summed E-state index contributed by atoms with van der Waals surface area (Å²) in [5.74, 6) is -3.64. The lowest BCUT2D eigenvalue weighted by atomic mass is 9.98. The first-order valence-electron chi connectivity index (χ1n) is 13.3. The number of rotatable bonds is 2. The smallest absolute Gasteiger partial charge is 0.320 e. The van der Waals surface area contributed by atoms with E-state index in [9.17, 15) is 18.4 Å². The molecule has 3 aromatic heterocycles. The van der Waals surface area contributed by atoms with Crippen LogP contribution in [0.5, 0.6) is 0 Å². The van der Waals surface area contributed by atoms with Gasteiger partial charge in [-0.1, -0.05) is 6.07 Å². The van der Waals surface area contributed by atoms with Gasteiger partial charge in [-0.15, -0.1) is 0 Å². The van der Waals surface area contributed by atoms with Crippen LogP contribution in [0.3, 0.4) is 0 Å². The number of aromatic nitrogens is 3. The van der Waals surface area contributed by atoms with E-state index in [0.29, 0.717) is 41.5 Å². The SMILES string of the molecule is O=C1CCC(c2cnc3ccccn23)=C1c1cn2c3c(cc(F)cc13)CN(C(=O)N1CCOCC(F)(F)C1)CC2. The minimum atomic E-state index is -3.13. The zero-order valence-corrected chi connectivity index (χ0v) is 21.6. The minimum Gasteiger partial charge on any atom is -0.373 e. The number of pyridine rings is 1. The predicted octanol–water partition coefficient (Wildman–Crippen LogP) is 4.60. The molecule has 5 heterocycles. The van der Waals surface area contributed by atoms with Gasteiger partial charge in [0.15, 0.2) is 5.78 Å². The van der Waals surface area contributed by atoms with Gasteiger partial charge in [0.2, 0.25) is 0 Å². The number of ketones is 1. The maximum Gasteiger partial charge on any atom is 0.320 e. The zero-order chi connectivity index (χ0) is 27.6. The van der Waals surface area contributed by atoms with E-state index in [2.05, 4.69) is 4.98 Å². The quantitative estimate of drug-likeness (QED) is 0.366. The molecular weight excluding hydrogens is 523 g/mol. The Morgan fingerprint density at radius 1 is 1.07 bits per heavy atom. The Morgan fingerprint density at radius 3 is 2.83 bits per heavy atom. The number of amides is 2. The number of hydrogen-bond acceptors (Lipinski definition) is 4. The number of allylic oxidation sites excluding steroid dienone is 2. The average Bonchev–Trinajstić information content (AvgIpc) is 3.54. The maximum absolute atomic E-state index is 15.1. The van der Waals surface area contributed by atoms with Crippen molar-refractivity contribution < 1.29 is 27.5 Å². The number of nitrogens with zero attached hydrogens (tertiary/aromatic N) is 5. The lowest BCUT2D eigenvalue weighted by Gasteiger charge is -2.30. The van der Waals surface area contributed by atoms with Gasteiger partial charge in [0.1, 0.15) is 18.1 Å². The van der Waals surface area contributed by atoms with Gasteiger partial charge in [0.05, 0.1) is 30.6 Å². The minimum absolute atomic E-state index is 0.0103. The lowest BCUT2D eigenvalue weighted by molar-refractivity contribution is -0.113. The summed E-state index contributed by atoms with van der Waals surface area (Å²) in [6.07, 6.45) is 6.43. The van der Waals surface area contributed by atoms with Crippen molar-refractivity contribution >= 4 is 39.5 Å². The molecule has 0 unspecified atom stereocenters. The number of alkyl halides is 2. The third-order valence-corrected chi connectivity index (χ3v) is 7.95. The highest BCUT2D eigenvalue weighted by Gasteiger charge is 2.38. The molecule has 3 aliphatic rings. The fraction of sp³-hybridized carbons (Fsp3) is 0.345. The Hall–Kier alpha value is -4.12. The first kappa shape index (κ1) is 24.9. The van der Waals surface area contributed by atoms with Gasteiger partial charge in [-0.05, 0) is 41.8 Å². The molecule has 1 fully saturated rings. The van der Waals surface area contributed by atoms with Gasteiger partial charge in [0, 0.05) is 61.5 Å². The van der Waals surface area contributed by atoms with Crippen LogP contribution in [0.25, 0.3) is 27.7 Å². The van der Waals surface area contributed by atoms with Gasteiger partial charge in [-0.3, -0.25) is 9.20 Å². The van der Waals surface area contributed by atoms with Crippen LogP contribution in [0.15, 0.2) is 48.9 Å². The Labute approximate surface area is 227 Å². The molecule has 2 aliphatic heterocycles. The predicted molar refractivity (Wildman–Crippen MR) is 141 cm³/mol. The molecule has 40 heavy (non-hydrogen) atoms. The Balaban J connectivity index is 1.30. The van der Waals surface area contributed by atoms with Crippen molar-refractivity contribution in [3.63, 3.8) is 0 Å². The number of Topliss-reactive ketones (excluding diaryl/α,β-unsaturated/α-hetero) is 1. The molecule has 4 aromatic rings. The lowest BCUT2D eigenvalue weighted by Crippen LogP contribution is -2.48. The van der Waals surface area contributed by atoms with Crippen molar-refractivity contribution in [2.24, 2.45) is 0 Å². The summed E-state index contributed by atoms with van der Waals surface area (Å²) in [7, 11) is 0. The van der Waals surface area contributed by atoms with Crippen LogP contribution in [0.4, 0.5) is 18.0 Å². The van der Waals surface area contributed by atoms with Crippen molar-refractivity contribution in [2.75, 3.05) is 32.8 Å². The van der Waals surface area contributed by atoms with E-state index < -0.39 is 30.9 Å². The molecule has 0 saturated carbocycles. The third-order valence-electron chi connectivity index (χ3n) is 7.95. The number of ether oxygens (including phenoxy) is 1.